The van der Waals surface area contributed by atoms with Crippen LogP contribution in [0.4, 0.5) is 30.2 Å². The van der Waals surface area contributed by atoms with Gasteiger partial charge < -0.3 is 5.73 Å². The molecule has 25 heavy (non-hydrogen) atoms. The molecule has 4 N–H and O–H groups in total. The molecule has 0 unspecified atom stereocenters. The smallest absolute Gasteiger partial charge is 0.399 e. The summed E-state index contributed by atoms with van der Waals surface area (Å²) in [6, 6.07) is 11.3. The number of nitrogen functional groups attached to an aromatic ring is 1. The molecule has 1 heterocycles. The highest BCUT2D eigenvalue weighted by Gasteiger charge is 2.33. The zero-order valence-corrected chi connectivity index (χ0v) is 12.6. The van der Waals surface area contributed by atoms with E-state index in [-0.39, 0.29) is 17.1 Å². The van der Waals surface area contributed by atoms with Crippen molar-refractivity contribution in [3.8, 4) is 11.3 Å². The minimum atomic E-state index is -4.57. The number of hydrogen-bond acceptors (Lipinski definition) is 4. The monoisotopic (exact) mass is 347 g/mol. The average Bonchev–Trinajstić information content (AvgIpc) is 2.93. The van der Waals surface area contributed by atoms with E-state index in [0.717, 1.165) is 6.07 Å². The summed E-state index contributed by atoms with van der Waals surface area (Å²) < 4.78 is 39.0. The first-order chi connectivity index (χ1) is 11.9. The highest BCUT2D eigenvalue weighted by molar-refractivity contribution is 5.73. The summed E-state index contributed by atoms with van der Waals surface area (Å²) in [7, 11) is 0. The Hall–Kier alpha value is -3.36. The number of halogens is 3. The number of aromatic amines is 2. The van der Waals surface area contributed by atoms with Crippen molar-refractivity contribution in [1.29, 1.82) is 0 Å². The lowest BCUT2D eigenvalue weighted by atomic mass is 10.1. The summed E-state index contributed by atoms with van der Waals surface area (Å²) in [5.41, 5.74) is 4.95. The topological polar surface area (TPSA) is 99.4 Å². The minimum absolute atomic E-state index is 0.137. The number of nitrogens with two attached hydrogens (primary N) is 1. The Kier molecular flexibility index (Phi) is 4.14. The molecule has 0 fully saturated rings. The van der Waals surface area contributed by atoms with Gasteiger partial charge in [-0.05, 0) is 24.3 Å². The summed E-state index contributed by atoms with van der Waals surface area (Å²) in [6.07, 6.45) is -4.57. The quantitative estimate of drug-likeness (QED) is 0.484. The summed E-state index contributed by atoms with van der Waals surface area (Å²) in [5.74, 6) is 0. The fourth-order valence-electron chi connectivity index (χ4n) is 2.25. The highest BCUT2D eigenvalue weighted by Crippen LogP contribution is 2.37. The number of azo groups is 1. The van der Waals surface area contributed by atoms with Gasteiger partial charge in [-0.25, -0.2) is 0 Å². The number of aromatic nitrogens is 2. The van der Waals surface area contributed by atoms with Gasteiger partial charge in [0.25, 0.3) is 5.56 Å². The van der Waals surface area contributed by atoms with Crippen molar-refractivity contribution in [1.82, 2.24) is 10.2 Å². The van der Waals surface area contributed by atoms with E-state index < -0.39 is 17.3 Å². The Labute approximate surface area is 139 Å². The second-order valence-corrected chi connectivity index (χ2v) is 5.14. The zero-order chi connectivity index (χ0) is 18.0. The first-order valence-corrected chi connectivity index (χ1v) is 7.11. The molecule has 3 aromatic rings. The largest absolute Gasteiger partial charge is 0.418 e. The Morgan fingerprint density at radius 2 is 1.72 bits per heavy atom. The van der Waals surface area contributed by atoms with Crippen LogP contribution in [0.15, 0.2) is 63.6 Å². The standard InChI is InChI=1S/C16H12F3N5O/c17-16(18,19)11-6-1-2-7-12(11)21-23-14-13(22-24-15(14)25)9-4-3-5-10(20)8-9/h1-8H,20H2,(H2,22,24,25). The van der Waals surface area contributed by atoms with Crippen molar-refractivity contribution in [2.45, 2.75) is 6.18 Å². The fraction of sp³-hybridized carbons (Fsp3) is 0.0625. The van der Waals surface area contributed by atoms with Gasteiger partial charge in [0.2, 0.25) is 0 Å². The molecule has 2 aromatic carbocycles. The third-order valence-electron chi connectivity index (χ3n) is 3.40. The van der Waals surface area contributed by atoms with E-state index in [4.69, 9.17) is 5.73 Å². The minimum Gasteiger partial charge on any atom is -0.399 e. The molecule has 6 nitrogen and oxygen atoms in total. The lowest BCUT2D eigenvalue weighted by molar-refractivity contribution is -0.137. The molecule has 0 saturated carbocycles. The Morgan fingerprint density at radius 3 is 2.44 bits per heavy atom. The van der Waals surface area contributed by atoms with Crippen LogP contribution < -0.4 is 11.3 Å². The molecular weight excluding hydrogens is 335 g/mol. The van der Waals surface area contributed by atoms with Gasteiger partial charge in [0, 0.05) is 11.3 Å². The maximum atomic E-state index is 13.0. The maximum absolute atomic E-state index is 13.0. The molecule has 0 radical (unpaired) electrons. The van der Waals surface area contributed by atoms with Gasteiger partial charge in [-0.2, -0.15) is 13.2 Å². The number of anilines is 1. The van der Waals surface area contributed by atoms with E-state index in [1.807, 2.05) is 0 Å². The van der Waals surface area contributed by atoms with Crippen molar-refractivity contribution in [2.24, 2.45) is 10.2 Å². The van der Waals surface area contributed by atoms with Gasteiger partial charge in [-0.3, -0.25) is 15.0 Å². The third-order valence-corrected chi connectivity index (χ3v) is 3.40. The molecule has 0 atom stereocenters. The van der Waals surface area contributed by atoms with Gasteiger partial charge in [-0.15, -0.1) is 10.2 Å². The van der Waals surface area contributed by atoms with Crippen LogP contribution in [-0.2, 0) is 6.18 Å². The van der Waals surface area contributed by atoms with Crippen molar-refractivity contribution in [2.75, 3.05) is 5.73 Å². The van der Waals surface area contributed by atoms with Gasteiger partial charge >= 0.3 is 6.18 Å². The lowest BCUT2D eigenvalue weighted by Gasteiger charge is -2.08. The first kappa shape index (κ1) is 16.5. The van der Waals surface area contributed by atoms with Crippen LogP contribution in [0.5, 0.6) is 0 Å². The molecule has 0 aliphatic heterocycles. The van der Waals surface area contributed by atoms with Gasteiger partial charge in [0.1, 0.15) is 0 Å². The van der Waals surface area contributed by atoms with Crippen LogP contribution in [0.25, 0.3) is 11.3 Å². The van der Waals surface area contributed by atoms with Crippen LogP contribution in [0.2, 0.25) is 0 Å². The van der Waals surface area contributed by atoms with Crippen LogP contribution >= 0.6 is 0 Å². The Balaban J connectivity index is 2.05. The van der Waals surface area contributed by atoms with E-state index in [1.165, 1.54) is 18.2 Å². The van der Waals surface area contributed by atoms with E-state index in [0.29, 0.717) is 11.3 Å². The first-order valence-electron chi connectivity index (χ1n) is 7.11. The SMILES string of the molecule is Nc1cccc(-c2[nH][nH]c(=O)c2N=Nc2ccccc2C(F)(F)F)c1. The molecule has 0 saturated heterocycles. The molecule has 1 aromatic heterocycles. The van der Waals surface area contributed by atoms with Crippen LogP contribution in [0.1, 0.15) is 5.56 Å². The molecule has 0 aliphatic rings. The maximum Gasteiger partial charge on any atom is 0.418 e. The van der Waals surface area contributed by atoms with E-state index in [9.17, 15) is 18.0 Å². The fourth-order valence-corrected chi connectivity index (χ4v) is 2.25. The second-order valence-electron chi connectivity index (χ2n) is 5.14. The average molecular weight is 347 g/mol. The molecule has 0 bridgehead atoms. The molecule has 0 aliphatic carbocycles. The van der Waals surface area contributed by atoms with Crippen molar-refractivity contribution >= 4 is 17.1 Å². The number of nitrogens with one attached hydrogen (secondary N) is 2. The molecule has 128 valence electrons. The molecule has 9 heteroatoms. The predicted molar refractivity (Wildman–Crippen MR) is 86.9 cm³/mol. The van der Waals surface area contributed by atoms with Crippen molar-refractivity contribution < 1.29 is 13.2 Å². The summed E-state index contributed by atoms with van der Waals surface area (Å²) >= 11 is 0. The Bertz CT molecular complexity index is 988. The van der Waals surface area contributed by atoms with Crippen molar-refractivity contribution in [3.05, 3.63) is 64.4 Å². The number of rotatable bonds is 3. The number of H-pyrrole nitrogens is 2. The molecule has 3 rings (SSSR count). The second kappa shape index (κ2) is 6.27. The zero-order valence-electron chi connectivity index (χ0n) is 12.6. The molecule has 0 spiro atoms. The number of nitrogens with zero attached hydrogens (tertiary/aromatic N) is 2. The summed E-state index contributed by atoms with van der Waals surface area (Å²) in [4.78, 5) is 11.9. The summed E-state index contributed by atoms with van der Waals surface area (Å²) in [5, 5.41) is 12.3. The number of hydrogen-bond donors (Lipinski definition) is 3. The third kappa shape index (κ3) is 3.44. The van der Waals surface area contributed by atoms with E-state index in [2.05, 4.69) is 20.4 Å². The van der Waals surface area contributed by atoms with Gasteiger partial charge in [0.15, 0.2) is 5.69 Å². The molecule has 0 amide bonds. The predicted octanol–water partition coefficient (Wildman–Crippen LogP) is 4.39. The van der Waals surface area contributed by atoms with Crippen molar-refractivity contribution in [3.63, 3.8) is 0 Å². The van der Waals surface area contributed by atoms with Gasteiger partial charge in [-0.1, -0.05) is 24.3 Å². The van der Waals surface area contributed by atoms with Crippen LogP contribution in [0.3, 0.4) is 0 Å². The van der Waals surface area contributed by atoms with E-state index in [1.54, 1.807) is 24.3 Å². The molecular formula is C16H12F3N5O. The normalized spacial score (nSPS) is 12.0. The highest BCUT2D eigenvalue weighted by atomic mass is 19.4. The van der Waals surface area contributed by atoms with Crippen LogP contribution in [0, 0.1) is 0 Å². The summed E-state index contributed by atoms with van der Waals surface area (Å²) in [6.45, 7) is 0. The lowest BCUT2D eigenvalue weighted by Crippen LogP contribution is -2.04. The van der Waals surface area contributed by atoms with Gasteiger partial charge in [0.05, 0.1) is 16.9 Å². The number of alkyl halides is 3. The van der Waals surface area contributed by atoms with E-state index >= 15 is 0 Å². The Morgan fingerprint density at radius 1 is 0.960 bits per heavy atom. The van der Waals surface area contributed by atoms with Crippen LogP contribution in [-0.4, -0.2) is 10.2 Å². The number of benzene rings is 2.